The lowest BCUT2D eigenvalue weighted by molar-refractivity contribution is -0.125. The lowest BCUT2D eigenvalue weighted by Gasteiger charge is -2.25. The van der Waals surface area contributed by atoms with Crippen LogP contribution in [-0.2, 0) is 11.3 Å². The third kappa shape index (κ3) is 5.53. The van der Waals surface area contributed by atoms with Crippen LogP contribution in [0.15, 0.2) is 48.8 Å². The Labute approximate surface area is 170 Å². The monoisotopic (exact) mass is 398 g/mol. The second-order valence-corrected chi connectivity index (χ2v) is 8.43. The van der Waals surface area contributed by atoms with Crippen LogP contribution < -0.4 is 10.6 Å². The SMILES string of the molecule is CC(C)(C)NC(=O)N1CC(C(=O)NCc2cccnc2)C(c2cccc(F)c2)C1. The molecule has 1 fully saturated rings. The first-order chi connectivity index (χ1) is 13.7. The van der Waals surface area contributed by atoms with Crippen LogP contribution in [0.5, 0.6) is 0 Å². The average Bonchev–Trinajstić information content (AvgIpc) is 3.11. The molecule has 0 radical (unpaired) electrons. The van der Waals surface area contributed by atoms with Gasteiger partial charge in [-0.15, -0.1) is 0 Å². The molecule has 1 aliphatic heterocycles. The number of hydrogen-bond donors (Lipinski definition) is 2. The Bertz CT molecular complexity index is 867. The summed E-state index contributed by atoms with van der Waals surface area (Å²) in [6.07, 6.45) is 3.37. The number of halogens is 1. The van der Waals surface area contributed by atoms with E-state index in [4.69, 9.17) is 0 Å². The number of rotatable bonds is 4. The molecular weight excluding hydrogens is 371 g/mol. The molecule has 3 rings (SSSR count). The van der Waals surface area contributed by atoms with Gasteiger partial charge in [-0.3, -0.25) is 9.78 Å². The number of likely N-dealkylation sites (tertiary alicyclic amines) is 1. The predicted molar refractivity (Wildman–Crippen MR) is 109 cm³/mol. The maximum Gasteiger partial charge on any atom is 0.317 e. The van der Waals surface area contributed by atoms with Crippen molar-refractivity contribution in [3.63, 3.8) is 0 Å². The molecule has 2 aromatic rings. The number of nitrogens with one attached hydrogen (secondary N) is 2. The largest absolute Gasteiger partial charge is 0.352 e. The number of pyridine rings is 1. The van der Waals surface area contributed by atoms with Crippen molar-refractivity contribution in [3.05, 3.63) is 65.7 Å². The summed E-state index contributed by atoms with van der Waals surface area (Å²) in [5, 5.41) is 5.87. The van der Waals surface area contributed by atoms with E-state index < -0.39 is 5.92 Å². The van der Waals surface area contributed by atoms with E-state index in [1.807, 2.05) is 32.9 Å². The fourth-order valence-corrected chi connectivity index (χ4v) is 3.53. The van der Waals surface area contributed by atoms with Crippen molar-refractivity contribution in [2.75, 3.05) is 13.1 Å². The van der Waals surface area contributed by atoms with E-state index in [0.29, 0.717) is 13.1 Å². The molecule has 3 amide bonds. The van der Waals surface area contributed by atoms with Crippen molar-refractivity contribution in [3.8, 4) is 0 Å². The second-order valence-electron chi connectivity index (χ2n) is 8.43. The van der Waals surface area contributed by atoms with Gasteiger partial charge in [-0.05, 0) is 50.1 Å². The first-order valence-corrected chi connectivity index (χ1v) is 9.72. The van der Waals surface area contributed by atoms with Crippen molar-refractivity contribution < 1.29 is 14.0 Å². The molecule has 0 aliphatic carbocycles. The van der Waals surface area contributed by atoms with E-state index in [1.54, 1.807) is 29.4 Å². The van der Waals surface area contributed by atoms with Gasteiger partial charge >= 0.3 is 6.03 Å². The highest BCUT2D eigenvalue weighted by Crippen LogP contribution is 2.33. The highest BCUT2D eigenvalue weighted by atomic mass is 19.1. The van der Waals surface area contributed by atoms with Gasteiger partial charge in [0.25, 0.3) is 0 Å². The van der Waals surface area contributed by atoms with E-state index in [0.717, 1.165) is 11.1 Å². The van der Waals surface area contributed by atoms with Gasteiger partial charge in [0.05, 0.1) is 5.92 Å². The van der Waals surface area contributed by atoms with Crippen LogP contribution in [0.4, 0.5) is 9.18 Å². The maximum atomic E-state index is 13.8. The van der Waals surface area contributed by atoms with Crippen molar-refractivity contribution in [1.29, 1.82) is 0 Å². The number of carbonyl (C=O) groups excluding carboxylic acids is 2. The van der Waals surface area contributed by atoms with Crippen LogP contribution >= 0.6 is 0 Å². The van der Waals surface area contributed by atoms with Gasteiger partial charge in [-0.1, -0.05) is 18.2 Å². The van der Waals surface area contributed by atoms with Gasteiger partial charge in [-0.25, -0.2) is 9.18 Å². The van der Waals surface area contributed by atoms with E-state index in [1.165, 1.54) is 12.1 Å². The van der Waals surface area contributed by atoms with Crippen LogP contribution in [-0.4, -0.2) is 40.5 Å². The average molecular weight is 398 g/mol. The van der Waals surface area contributed by atoms with Crippen molar-refractivity contribution in [2.24, 2.45) is 5.92 Å². The highest BCUT2D eigenvalue weighted by Gasteiger charge is 2.41. The van der Waals surface area contributed by atoms with Gasteiger partial charge in [0, 0.05) is 43.5 Å². The summed E-state index contributed by atoms with van der Waals surface area (Å²) in [5.74, 6) is -1.24. The molecule has 2 unspecified atom stereocenters. The minimum Gasteiger partial charge on any atom is -0.352 e. The minimum absolute atomic E-state index is 0.158. The number of benzene rings is 1. The molecule has 1 aromatic carbocycles. The Kier molecular flexibility index (Phi) is 6.15. The zero-order valence-electron chi connectivity index (χ0n) is 17.0. The maximum absolute atomic E-state index is 13.8. The normalized spacial score (nSPS) is 19.1. The van der Waals surface area contributed by atoms with Crippen molar-refractivity contribution >= 4 is 11.9 Å². The number of hydrogen-bond acceptors (Lipinski definition) is 3. The van der Waals surface area contributed by atoms with Gasteiger partial charge in [-0.2, -0.15) is 0 Å². The summed E-state index contributed by atoms with van der Waals surface area (Å²) in [4.78, 5) is 31.3. The molecule has 2 atom stereocenters. The summed E-state index contributed by atoms with van der Waals surface area (Å²) in [7, 11) is 0. The number of amides is 3. The lowest BCUT2D eigenvalue weighted by atomic mass is 9.88. The Hall–Kier alpha value is -2.96. The second kappa shape index (κ2) is 8.59. The van der Waals surface area contributed by atoms with Crippen LogP contribution in [0.1, 0.15) is 37.8 Å². The molecule has 0 bridgehead atoms. The predicted octanol–water partition coefficient (Wildman–Crippen LogP) is 3.06. The quantitative estimate of drug-likeness (QED) is 0.831. The molecule has 6 nitrogen and oxygen atoms in total. The van der Waals surface area contributed by atoms with Gasteiger partial charge < -0.3 is 15.5 Å². The summed E-state index contributed by atoms with van der Waals surface area (Å²) < 4.78 is 13.8. The van der Waals surface area contributed by atoms with E-state index in [-0.39, 0.29) is 35.8 Å². The molecule has 1 saturated heterocycles. The number of urea groups is 1. The zero-order chi connectivity index (χ0) is 21.0. The molecule has 2 heterocycles. The molecule has 1 aliphatic rings. The van der Waals surface area contributed by atoms with Gasteiger partial charge in [0.2, 0.25) is 5.91 Å². The third-order valence-corrected chi connectivity index (χ3v) is 4.89. The van der Waals surface area contributed by atoms with E-state index >= 15 is 0 Å². The summed E-state index contributed by atoms with van der Waals surface area (Å²) in [6.45, 7) is 6.71. The fourth-order valence-electron chi connectivity index (χ4n) is 3.53. The van der Waals surface area contributed by atoms with Crippen molar-refractivity contribution in [1.82, 2.24) is 20.5 Å². The lowest BCUT2D eigenvalue weighted by Crippen LogP contribution is -2.48. The molecule has 7 heteroatoms. The Morgan fingerprint density at radius 1 is 1.21 bits per heavy atom. The summed E-state index contributed by atoms with van der Waals surface area (Å²) >= 11 is 0. The molecule has 0 saturated carbocycles. The van der Waals surface area contributed by atoms with Gasteiger partial charge in [0.15, 0.2) is 0 Å². The first kappa shape index (κ1) is 20.8. The van der Waals surface area contributed by atoms with Crippen LogP contribution in [0.3, 0.4) is 0 Å². The summed E-state index contributed by atoms with van der Waals surface area (Å²) in [5.41, 5.74) is 1.23. The van der Waals surface area contributed by atoms with Gasteiger partial charge in [0.1, 0.15) is 5.82 Å². The number of nitrogens with zero attached hydrogens (tertiary/aromatic N) is 2. The molecule has 2 N–H and O–H groups in total. The number of aromatic nitrogens is 1. The first-order valence-electron chi connectivity index (χ1n) is 9.72. The summed E-state index contributed by atoms with van der Waals surface area (Å²) in [6, 6.07) is 9.73. The van der Waals surface area contributed by atoms with Crippen LogP contribution in [0.25, 0.3) is 0 Å². The fraction of sp³-hybridized carbons (Fsp3) is 0.409. The molecule has 154 valence electrons. The molecule has 0 spiro atoms. The van der Waals surface area contributed by atoms with Crippen LogP contribution in [0, 0.1) is 11.7 Å². The molecular formula is C22H27FN4O2. The smallest absolute Gasteiger partial charge is 0.317 e. The van der Waals surface area contributed by atoms with Crippen molar-refractivity contribution in [2.45, 2.75) is 38.8 Å². The topological polar surface area (TPSA) is 74.3 Å². The van der Waals surface area contributed by atoms with E-state index in [9.17, 15) is 14.0 Å². The third-order valence-electron chi connectivity index (χ3n) is 4.89. The van der Waals surface area contributed by atoms with E-state index in [2.05, 4.69) is 15.6 Å². The Balaban J connectivity index is 1.77. The standard InChI is InChI=1S/C22H27FN4O2/c1-22(2,3)26-21(29)27-13-18(16-7-4-8-17(23)10-16)19(14-27)20(28)25-12-15-6-5-9-24-11-15/h4-11,18-19H,12-14H2,1-3H3,(H,25,28)(H,26,29). The Morgan fingerprint density at radius 2 is 2.00 bits per heavy atom. The molecule has 1 aromatic heterocycles. The van der Waals surface area contributed by atoms with Crippen LogP contribution in [0.2, 0.25) is 0 Å². The zero-order valence-corrected chi connectivity index (χ0v) is 17.0. The molecule has 29 heavy (non-hydrogen) atoms. The minimum atomic E-state index is -0.459. The highest BCUT2D eigenvalue weighted by molar-refractivity contribution is 5.83. The Morgan fingerprint density at radius 3 is 2.66 bits per heavy atom. The number of carbonyl (C=O) groups is 2.